The van der Waals surface area contributed by atoms with Crippen molar-refractivity contribution in [2.24, 2.45) is 0 Å². The van der Waals surface area contributed by atoms with Gasteiger partial charge >= 0.3 is 5.97 Å². The van der Waals surface area contributed by atoms with E-state index in [4.69, 9.17) is 14.6 Å². The number of aromatic nitrogens is 1. The summed E-state index contributed by atoms with van der Waals surface area (Å²) in [6.45, 7) is 4.84. The van der Waals surface area contributed by atoms with Gasteiger partial charge in [0.1, 0.15) is 18.1 Å². The summed E-state index contributed by atoms with van der Waals surface area (Å²) in [6.07, 6.45) is 0. The lowest BCUT2D eigenvalue weighted by Gasteiger charge is -2.33. The number of thiazole rings is 1. The van der Waals surface area contributed by atoms with Crippen molar-refractivity contribution in [3.05, 3.63) is 48.5 Å². The number of aliphatic carboxylic acids is 1. The zero-order valence-electron chi connectivity index (χ0n) is 16.0. The molecule has 0 saturated carbocycles. The van der Waals surface area contributed by atoms with Gasteiger partial charge in [0.15, 0.2) is 0 Å². The van der Waals surface area contributed by atoms with Gasteiger partial charge in [-0.1, -0.05) is 23.5 Å². The van der Waals surface area contributed by atoms with E-state index in [2.05, 4.69) is 9.88 Å². The second-order valence-corrected chi connectivity index (χ2v) is 7.87. The van der Waals surface area contributed by atoms with Crippen molar-refractivity contribution in [2.75, 3.05) is 45.9 Å². The number of hydrogen-bond acceptors (Lipinski definition) is 7. The highest BCUT2D eigenvalue weighted by atomic mass is 32.1. The van der Waals surface area contributed by atoms with Gasteiger partial charge in [-0.05, 0) is 36.4 Å². The Balaban J connectivity index is 1.21. The van der Waals surface area contributed by atoms with Crippen molar-refractivity contribution in [3.8, 4) is 16.7 Å². The highest BCUT2D eigenvalue weighted by molar-refractivity contribution is 7.20. The number of nitrogens with zero attached hydrogens (tertiary/aromatic N) is 3. The fraction of sp³-hybridized carbons (Fsp3) is 0.333. The van der Waals surface area contributed by atoms with Crippen LogP contribution in [0.4, 0.5) is 0 Å². The largest absolute Gasteiger partial charge is 0.492 e. The Morgan fingerprint density at radius 2 is 1.69 bits per heavy atom. The van der Waals surface area contributed by atoms with Crippen molar-refractivity contribution >= 4 is 27.5 Å². The molecule has 0 unspecified atom stereocenters. The third-order valence-electron chi connectivity index (χ3n) is 4.80. The monoisotopic (exact) mass is 413 g/mol. The first-order chi connectivity index (χ1) is 14.2. The normalized spacial score (nSPS) is 15.4. The SMILES string of the molecule is O=C(O)CN1CCN(CCOc2ccc(Oc3nc4ccccc4s3)cc2)CC1. The number of rotatable bonds is 8. The molecule has 0 aliphatic carbocycles. The summed E-state index contributed by atoms with van der Waals surface area (Å²) >= 11 is 1.52. The molecule has 2 heterocycles. The number of benzene rings is 2. The number of carbonyl (C=O) groups is 1. The van der Waals surface area contributed by atoms with Crippen LogP contribution in [0.25, 0.3) is 10.2 Å². The van der Waals surface area contributed by atoms with E-state index in [1.807, 2.05) is 53.4 Å². The van der Waals surface area contributed by atoms with Crippen LogP contribution in [0.5, 0.6) is 16.7 Å². The van der Waals surface area contributed by atoms with Crippen LogP contribution >= 0.6 is 11.3 Å². The highest BCUT2D eigenvalue weighted by Gasteiger charge is 2.18. The van der Waals surface area contributed by atoms with Crippen molar-refractivity contribution in [2.45, 2.75) is 0 Å². The maximum atomic E-state index is 10.8. The molecule has 0 radical (unpaired) electrons. The molecule has 1 aromatic heterocycles. The van der Waals surface area contributed by atoms with Crippen LogP contribution in [0.3, 0.4) is 0 Å². The van der Waals surface area contributed by atoms with Crippen LogP contribution in [0.15, 0.2) is 48.5 Å². The number of carboxylic acid groups (broad SMARTS) is 1. The molecule has 0 bridgehead atoms. The quantitative estimate of drug-likeness (QED) is 0.608. The first-order valence-corrected chi connectivity index (χ1v) is 10.4. The van der Waals surface area contributed by atoms with Gasteiger partial charge < -0.3 is 14.6 Å². The molecule has 2 aromatic carbocycles. The predicted octanol–water partition coefficient (Wildman–Crippen LogP) is 3.17. The summed E-state index contributed by atoms with van der Waals surface area (Å²) in [4.78, 5) is 19.5. The van der Waals surface area contributed by atoms with Gasteiger partial charge in [-0.15, -0.1) is 0 Å². The number of para-hydroxylation sites is 1. The summed E-state index contributed by atoms with van der Waals surface area (Å²) in [5.41, 5.74) is 0.941. The van der Waals surface area contributed by atoms with Crippen LogP contribution < -0.4 is 9.47 Å². The third-order valence-corrected chi connectivity index (χ3v) is 5.72. The summed E-state index contributed by atoms with van der Waals surface area (Å²) in [7, 11) is 0. The van der Waals surface area contributed by atoms with Crippen LogP contribution in [0, 0.1) is 0 Å². The van der Waals surface area contributed by atoms with Crippen molar-refractivity contribution in [1.29, 1.82) is 0 Å². The minimum absolute atomic E-state index is 0.121. The molecule has 1 aliphatic rings. The van der Waals surface area contributed by atoms with Crippen LogP contribution in [0.2, 0.25) is 0 Å². The van der Waals surface area contributed by atoms with Crippen molar-refractivity contribution in [3.63, 3.8) is 0 Å². The smallest absolute Gasteiger partial charge is 0.317 e. The molecule has 7 nitrogen and oxygen atoms in total. The van der Waals surface area contributed by atoms with Gasteiger partial charge in [-0.3, -0.25) is 14.6 Å². The van der Waals surface area contributed by atoms with Gasteiger partial charge in [0.25, 0.3) is 5.19 Å². The Hall–Kier alpha value is -2.68. The Morgan fingerprint density at radius 1 is 1.00 bits per heavy atom. The van der Waals surface area contributed by atoms with E-state index < -0.39 is 5.97 Å². The van der Waals surface area contributed by atoms with E-state index in [0.717, 1.165) is 54.4 Å². The topological polar surface area (TPSA) is 75.1 Å². The fourth-order valence-electron chi connectivity index (χ4n) is 3.25. The lowest BCUT2D eigenvalue weighted by atomic mass is 10.3. The van der Waals surface area contributed by atoms with Crippen LogP contribution in [0.1, 0.15) is 0 Å². The Labute approximate surface area is 173 Å². The number of carboxylic acids is 1. The van der Waals surface area contributed by atoms with Crippen molar-refractivity contribution < 1.29 is 19.4 Å². The molecule has 152 valence electrons. The molecule has 1 saturated heterocycles. The molecule has 3 aromatic rings. The molecule has 0 atom stereocenters. The zero-order valence-corrected chi connectivity index (χ0v) is 16.8. The Morgan fingerprint density at radius 3 is 2.41 bits per heavy atom. The highest BCUT2D eigenvalue weighted by Crippen LogP contribution is 2.31. The summed E-state index contributed by atoms with van der Waals surface area (Å²) < 4.78 is 12.8. The van der Waals surface area contributed by atoms with Gasteiger partial charge in [-0.25, -0.2) is 4.98 Å². The Bertz CT molecular complexity index is 919. The van der Waals surface area contributed by atoms with Gasteiger partial charge in [0, 0.05) is 32.7 Å². The number of piperazine rings is 1. The molecular formula is C21H23N3O4S. The predicted molar refractivity (Wildman–Crippen MR) is 112 cm³/mol. The molecule has 1 N–H and O–H groups in total. The molecule has 4 rings (SSSR count). The molecule has 29 heavy (non-hydrogen) atoms. The summed E-state index contributed by atoms with van der Waals surface area (Å²) in [6, 6.07) is 15.5. The van der Waals surface area contributed by atoms with Gasteiger partial charge in [0.2, 0.25) is 0 Å². The van der Waals surface area contributed by atoms with Crippen LogP contribution in [-0.4, -0.2) is 71.7 Å². The molecule has 0 spiro atoms. The average molecular weight is 413 g/mol. The standard InChI is InChI=1S/C21H23N3O4S/c25-20(26)15-24-11-9-23(10-12-24)13-14-27-16-5-7-17(8-6-16)28-21-22-18-3-1-2-4-19(18)29-21/h1-8H,9-15H2,(H,25,26). The second kappa shape index (κ2) is 9.21. The number of hydrogen-bond donors (Lipinski definition) is 1. The third kappa shape index (κ3) is 5.44. The van der Waals surface area contributed by atoms with E-state index >= 15 is 0 Å². The number of fused-ring (bicyclic) bond motifs is 1. The van der Waals surface area contributed by atoms with E-state index in [0.29, 0.717) is 11.8 Å². The van der Waals surface area contributed by atoms with E-state index in [1.54, 1.807) is 0 Å². The Kier molecular flexibility index (Phi) is 6.24. The molecule has 0 amide bonds. The first-order valence-electron chi connectivity index (χ1n) is 9.58. The summed E-state index contributed by atoms with van der Waals surface area (Å²) in [5, 5.41) is 9.47. The molecule has 1 fully saturated rings. The molecular weight excluding hydrogens is 390 g/mol. The maximum Gasteiger partial charge on any atom is 0.317 e. The number of ether oxygens (including phenoxy) is 2. The molecule has 1 aliphatic heterocycles. The van der Waals surface area contributed by atoms with Crippen molar-refractivity contribution in [1.82, 2.24) is 14.8 Å². The average Bonchev–Trinajstić information content (AvgIpc) is 3.12. The van der Waals surface area contributed by atoms with E-state index in [1.165, 1.54) is 11.3 Å². The molecule has 8 heteroatoms. The maximum absolute atomic E-state index is 10.8. The van der Waals surface area contributed by atoms with Gasteiger partial charge in [-0.2, -0.15) is 0 Å². The lowest BCUT2D eigenvalue weighted by molar-refractivity contribution is -0.138. The zero-order chi connectivity index (χ0) is 20.1. The van der Waals surface area contributed by atoms with E-state index in [-0.39, 0.29) is 6.54 Å². The van der Waals surface area contributed by atoms with Gasteiger partial charge in [0.05, 0.1) is 16.8 Å². The second-order valence-electron chi connectivity index (χ2n) is 6.88. The lowest BCUT2D eigenvalue weighted by Crippen LogP contribution is -2.48. The van der Waals surface area contributed by atoms with Crippen LogP contribution in [-0.2, 0) is 4.79 Å². The minimum Gasteiger partial charge on any atom is -0.492 e. The summed E-state index contributed by atoms with van der Waals surface area (Å²) in [5.74, 6) is 0.759. The van der Waals surface area contributed by atoms with E-state index in [9.17, 15) is 4.79 Å². The minimum atomic E-state index is -0.766. The first kappa shape index (κ1) is 19.6. The fourth-order valence-corrected chi connectivity index (χ4v) is 4.09.